The van der Waals surface area contributed by atoms with Gasteiger partial charge in [0.1, 0.15) is 11.6 Å². The van der Waals surface area contributed by atoms with E-state index in [0.29, 0.717) is 17.4 Å². The molecular weight excluding hydrogens is 338 g/mol. The van der Waals surface area contributed by atoms with Crippen LogP contribution in [0.25, 0.3) is 0 Å². The van der Waals surface area contributed by atoms with E-state index in [1.807, 2.05) is 11.8 Å². The maximum Gasteiger partial charge on any atom is 0.275 e. The topological polar surface area (TPSA) is 72.2 Å². The molecule has 5 nitrogen and oxygen atoms in total. The summed E-state index contributed by atoms with van der Waals surface area (Å²) in [6, 6.07) is 1.29. The number of amides is 1. The zero-order chi connectivity index (χ0) is 17.7. The van der Waals surface area contributed by atoms with Crippen molar-refractivity contribution >= 4 is 23.4 Å². The van der Waals surface area contributed by atoms with E-state index in [2.05, 4.69) is 12.2 Å². The van der Waals surface area contributed by atoms with Crippen LogP contribution < -0.4 is 5.32 Å². The summed E-state index contributed by atoms with van der Waals surface area (Å²) >= 11 is 1.86. The van der Waals surface area contributed by atoms with Gasteiger partial charge in [-0.2, -0.15) is 11.8 Å². The average Bonchev–Trinajstić information content (AvgIpc) is 2.51. The number of hydrogen-bond donors (Lipinski definition) is 1. The second-order valence-electron chi connectivity index (χ2n) is 5.83. The predicted molar refractivity (Wildman–Crippen MR) is 89.0 cm³/mol. The highest BCUT2D eigenvalue weighted by atomic mass is 32.2. The monoisotopic (exact) mass is 358 g/mol. The Labute approximate surface area is 143 Å². The number of thioether (sulfide) groups is 1. The maximum atomic E-state index is 13.8. The van der Waals surface area contributed by atoms with Gasteiger partial charge in [0.2, 0.25) is 5.91 Å². The van der Waals surface area contributed by atoms with Crippen molar-refractivity contribution in [1.29, 1.82) is 0 Å². The van der Waals surface area contributed by atoms with Crippen molar-refractivity contribution in [2.45, 2.75) is 50.3 Å². The van der Waals surface area contributed by atoms with Gasteiger partial charge in [-0.25, -0.2) is 8.78 Å². The van der Waals surface area contributed by atoms with Gasteiger partial charge in [0.25, 0.3) is 5.69 Å². The molecule has 24 heavy (non-hydrogen) atoms. The van der Waals surface area contributed by atoms with Gasteiger partial charge in [-0.05, 0) is 25.0 Å². The molecule has 1 fully saturated rings. The molecule has 0 unspecified atom stereocenters. The normalized spacial score (nSPS) is 20.6. The van der Waals surface area contributed by atoms with E-state index in [9.17, 15) is 23.7 Å². The zero-order valence-electron chi connectivity index (χ0n) is 13.4. The van der Waals surface area contributed by atoms with Crippen LogP contribution in [0.1, 0.15) is 38.2 Å². The fourth-order valence-electron chi connectivity index (χ4n) is 2.97. The van der Waals surface area contributed by atoms with Crippen LogP contribution in [0.3, 0.4) is 0 Å². The van der Waals surface area contributed by atoms with Crippen LogP contribution in [0, 0.1) is 21.7 Å². The molecule has 0 radical (unpaired) electrons. The number of hydrogen-bond acceptors (Lipinski definition) is 4. The Bertz CT molecular complexity index is 602. The lowest BCUT2D eigenvalue weighted by atomic mass is 9.94. The van der Waals surface area contributed by atoms with Gasteiger partial charge in [-0.3, -0.25) is 14.9 Å². The molecule has 132 valence electrons. The number of carbonyl (C=O) groups is 1. The number of nitrogens with one attached hydrogen (secondary N) is 1. The van der Waals surface area contributed by atoms with Gasteiger partial charge in [-0.15, -0.1) is 0 Å². The highest BCUT2D eigenvalue weighted by Gasteiger charge is 2.24. The highest BCUT2D eigenvalue weighted by molar-refractivity contribution is 7.99. The molecule has 0 aliphatic heterocycles. The molecule has 0 spiro atoms. The second-order valence-corrected chi connectivity index (χ2v) is 7.41. The van der Waals surface area contributed by atoms with Gasteiger partial charge in [0, 0.05) is 16.9 Å². The van der Waals surface area contributed by atoms with Crippen LogP contribution in [0.4, 0.5) is 14.5 Å². The molecule has 1 aromatic carbocycles. The molecule has 1 amide bonds. The summed E-state index contributed by atoms with van der Waals surface area (Å²) in [5, 5.41) is 13.9. The Morgan fingerprint density at radius 2 is 2.04 bits per heavy atom. The molecule has 1 aromatic rings. The van der Waals surface area contributed by atoms with Crippen molar-refractivity contribution in [3.8, 4) is 0 Å². The van der Waals surface area contributed by atoms with Crippen LogP contribution in [0.15, 0.2) is 12.1 Å². The number of nitro benzene ring substituents is 1. The molecule has 8 heteroatoms. The summed E-state index contributed by atoms with van der Waals surface area (Å²) in [6.07, 6.45) is 3.39. The third kappa shape index (κ3) is 4.90. The lowest BCUT2D eigenvalue weighted by Gasteiger charge is -2.29. The van der Waals surface area contributed by atoms with Crippen molar-refractivity contribution in [2.24, 2.45) is 0 Å². The molecule has 1 aliphatic rings. The van der Waals surface area contributed by atoms with Gasteiger partial charge in [-0.1, -0.05) is 13.3 Å². The molecule has 1 aliphatic carbocycles. The fourth-order valence-corrected chi connectivity index (χ4v) is 4.14. The van der Waals surface area contributed by atoms with Gasteiger partial charge < -0.3 is 5.32 Å². The van der Waals surface area contributed by atoms with E-state index < -0.39 is 40.1 Å². The Morgan fingerprint density at radius 1 is 1.38 bits per heavy atom. The van der Waals surface area contributed by atoms with Crippen molar-refractivity contribution in [3.63, 3.8) is 0 Å². The van der Waals surface area contributed by atoms with E-state index >= 15 is 0 Å². The number of halogens is 2. The molecular formula is C16H20F2N2O3S. The first-order valence-electron chi connectivity index (χ1n) is 7.94. The first kappa shape index (κ1) is 18.6. The third-order valence-corrected chi connectivity index (χ3v) is 5.30. The predicted octanol–water partition coefficient (Wildman–Crippen LogP) is 3.60. The highest BCUT2D eigenvalue weighted by Crippen LogP contribution is 2.28. The van der Waals surface area contributed by atoms with E-state index in [0.717, 1.165) is 31.4 Å². The fraction of sp³-hybridized carbons (Fsp3) is 0.562. The number of rotatable bonds is 6. The number of nitrogens with zero attached hydrogens (tertiary/aromatic N) is 1. The van der Waals surface area contributed by atoms with E-state index in [1.54, 1.807) is 0 Å². The van der Waals surface area contributed by atoms with Crippen LogP contribution in [-0.2, 0) is 11.2 Å². The number of benzene rings is 1. The first-order valence-corrected chi connectivity index (χ1v) is 8.98. The van der Waals surface area contributed by atoms with Crippen molar-refractivity contribution in [2.75, 3.05) is 5.75 Å². The molecule has 0 aromatic heterocycles. The minimum Gasteiger partial charge on any atom is -0.353 e. The van der Waals surface area contributed by atoms with E-state index in [1.165, 1.54) is 0 Å². The van der Waals surface area contributed by atoms with Crippen LogP contribution in [0.5, 0.6) is 0 Å². The van der Waals surface area contributed by atoms with E-state index in [4.69, 9.17) is 0 Å². The van der Waals surface area contributed by atoms with Crippen molar-refractivity contribution in [1.82, 2.24) is 5.32 Å². The summed E-state index contributed by atoms with van der Waals surface area (Å²) < 4.78 is 27.7. The maximum absolute atomic E-state index is 13.8. The Balaban J connectivity index is 1.98. The molecule has 0 heterocycles. The largest absolute Gasteiger partial charge is 0.353 e. The van der Waals surface area contributed by atoms with Crippen LogP contribution in [-0.4, -0.2) is 27.9 Å². The Morgan fingerprint density at radius 3 is 2.62 bits per heavy atom. The van der Waals surface area contributed by atoms with Crippen molar-refractivity contribution < 1.29 is 18.5 Å². The summed E-state index contributed by atoms with van der Waals surface area (Å²) in [5.41, 5.74) is -1.10. The van der Waals surface area contributed by atoms with E-state index in [-0.39, 0.29) is 6.04 Å². The lowest BCUT2D eigenvalue weighted by Crippen LogP contribution is -2.40. The van der Waals surface area contributed by atoms with Crippen LogP contribution >= 0.6 is 11.8 Å². The summed E-state index contributed by atoms with van der Waals surface area (Å²) in [4.78, 5) is 21.8. The van der Waals surface area contributed by atoms with Crippen molar-refractivity contribution in [3.05, 3.63) is 39.4 Å². The zero-order valence-corrected chi connectivity index (χ0v) is 14.2. The SMILES string of the molecule is CCS[C@H]1CCC[C@@H](NC(=O)Cc2c(F)cc([N+](=O)[O-])cc2F)C1. The molecule has 0 saturated heterocycles. The Hall–Kier alpha value is -1.70. The summed E-state index contributed by atoms with van der Waals surface area (Å²) in [5.74, 6) is -1.58. The standard InChI is InChI=1S/C16H20F2N2O3S/c1-2-24-12-5-3-4-10(6-12)19-16(21)9-13-14(17)7-11(20(22)23)8-15(13)18/h7-8,10,12H,2-6,9H2,1H3,(H,19,21)/t10-,12+/m1/s1. The minimum atomic E-state index is -1.07. The quantitative estimate of drug-likeness (QED) is 0.623. The lowest BCUT2D eigenvalue weighted by molar-refractivity contribution is -0.385. The Kier molecular flexibility index (Phi) is 6.53. The smallest absolute Gasteiger partial charge is 0.275 e. The van der Waals surface area contributed by atoms with Gasteiger partial charge in [0.05, 0.1) is 23.5 Å². The molecule has 1 saturated carbocycles. The number of non-ortho nitro benzene ring substituents is 1. The molecule has 1 N–H and O–H groups in total. The number of nitro groups is 1. The van der Waals surface area contributed by atoms with Crippen LogP contribution in [0.2, 0.25) is 0 Å². The van der Waals surface area contributed by atoms with Gasteiger partial charge >= 0.3 is 0 Å². The first-order chi connectivity index (χ1) is 11.4. The summed E-state index contributed by atoms with van der Waals surface area (Å²) in [6.45, 7) is 2.09. The minimum absolute atomic E-state index is 0.0134. The molecule has 2 rings (SSSR count). The molecule has 2 atom stereocenters. The number of carbonyl (C=O) groups excluding carboxylic acids is 1. The second kappa shape index (κ2) is 8.41. The average molecular weight is 358 g/mol. The third-order valence-electron chi connectivity index (χ3n) is 4.07. The van der Waals surface area contributed by atoms with Gasteiger partial charge in [0.15, 0.2) is 0 Å². The molecule has 0 bridgehead atoms. The summed E-state index contributed by atoms with van der Waals surface area (Å²) in [7, 11) is 0.